The van der Waals surface area contributed by atoms with E-state index in [0.29, 0.717) is 24.1 Å². The van der Waals surface area contributed by atoms with Crippen molar-refractivity contribution in [1.29, 1.82) is 0 Å². The highest BCUT2D eigenvalue weighted by Crippen LogP contribution is 2.22. The molecular formula is C34H38N2O9. The van der Waals surface area contributed by atoms with E-state index in [1.807, 2.05) is 73.7 Å². The Morgan fingerprint density at radius 2 is 1.09 bits per heavy atom. The van der Waals surface area contributed by atoms with Crippen LogP contribution in [0.25, 0.3) is 21.5 Å². The van der Waals surface area contributed by atoms with Crippen LogP contribution in [0.3, 0.4) is 0 Å². The molecule has 11 heteroatoms. The number of hydrogen-bond donors (Lipinski definition) is 2. The van der Waals surface area contributed by atoms with Gasteiger partial charge in [-0.2, -0.15) is 0 Å². The van der Waals surface area contributed by atoms with Gasteiger partial charge in [-0.1, -0.05) is 79.7 Å². The van der Waals surface area contributed by atoms with Crippen molar-refractivity contribution in [1.82, 2.24) is 9.96 Å². The molecule has 11 nitrogen and oxygen atoms in total. The number of amides is 2. The lowest BCUT2D eigenvalue weighted by atomic mass is 10.0. The van der Waals surface area contributed by atoms with Crippen LogP contribution in [0.2, 0.25) is 0 Å². The number of fused-ring (bicyclic) bond motifs is 2. The zero-order valence-corrected chi connectivity index (χ0v) is 25.7. The highest BCUT2D eigenvalue weighted by atomic mass is 16.7. The fraction of sp³-hybridized carbons (Fsp3) is 0.294. The monoisotopic (exact) mass is 618 g/mol. The lowest BCUT2D eigenvalue weighted by molar-refractivity contribution is -0.171. The van der Waals surface area contributed by atoms with Gasteiger partial charge in [0.1, 0.15) is 0 Å². The summed E-state index contributed by atoms with van der Waals surface area (Å²) in [6.07, 6.45) is 0.671. The molecule has 4 aromatic rings. The molecule has 2 amide bonds. The Balaban J connectivity index is 0.000000246. The quantitative estimate of drug-likeness (QED) is 0.203. The molecule has 0 aliphatic carbocycles. The number of carbonyl (C=O) groups excluding carboxylic acids is 2. The lowest BCUT2D eigenvalue weighted by Crippen LogP contribution is -2.48. The van der Waals surface area contributed by atoms with E-state index in [1.54, 1.807) is 18.2 Å². The predicted octanol–water partition coefficient (Wildman–Crippen LogP) is 4.73. The Morgan fingerprint density at radius 3 is 1.53 bits per heavy atom. The summed E-state index contributed by atoms with van der Waals surface area (Å²) in [6, 6.07) is 23.5. The van der Waals surface area contributed by atoms with Gasteiger partial charge in [-0.05, 0) is 40.1 Å². The van der Waals surface area contributed by atoms with Gasteiger partial charge in [-0.3, -0.25) is 14.4 Å². The van der Waals surface area contributed by atoms with Gasteiger partial charge in [-0.15, -0.1) is 0 Å². The maximum Gasteiger partial charge on any atom is 0.331 e. The summed E-state index contributed by atoms with van der Waals surface area (Å²) in [7, 11) is 4.06. The predicted molar refractivity (Wildman–Crippen MR) is 169 cm³/mol. The minimum absolute atomic E-state index is 0.0359. The number of rotatable bonds is 13. The second-order valence-electron chi connectivity index (χ2n) is 9.98. The van der Waals surface area contributed by atoms with Crippen LogP contribution in [0.5, 0.6) is 0 Å². The van der Waals surface area contributed by atoms with Crippen LogP contribution < -0.4 is 0 Å². The number of carboxylic acids is 2. The number of ether oxygens (including phenoxy) is 2. The summed E-state index contributed by atoms with van der Waals surface area (Å²) >= 11 is 0. The Hall–Kier alpha value is -4.84. The Kier molecular flexibility index (Phi) is 13.0. The number of hydrogen-bond acceptors (Lipinski definition) is 7. The summed E-state index contributed by atoms with van der Waals surface area (Å²) in [5, 5.41) is 22.9. The van der Waals surface area contributed by atoms with Crippen LogP contribution in [0.4, 0.5) is 0 Å². The average molecular weight is 619 g/mol. The second-order valence-corrected chi connectivity index (χ2v) is 9.98. The van der Waals surface area contributed by atoms with Gasteiger partial charge in [0.05, 0.1) is 20.3 Å². The molecule has 0 bridgehead atoms. The molecule has 0 radical (unpaired) electrons. The summed E-state index contributed by atoms with van der Waals surface area (Å²) in [4.78, 5) is 54.9. The second kappa shape index (κ2) is 16.9. The molecule has 2 atom stereocenters. The van der Waals surface area contributed by atoms with Crippen molar-refractivity contribution in [2.75, 3.05) is 41.1 Å². The van der Waals surface area contributed by atoms with Crippen molar-refractivity contribution in [2.45, 2.75) is 25.4 Å². The largest absolute Gasteiger partial charge is 0.480 e. The van der Waals surface area contributed by atoms with E-state index in [9.17, 15) is 29.4 Å². The minimum Gasteiger partial charge on any atom is -0.480 e. The van der Waals surface area contributed by atoms with Crippen molar-refractivity contribution in [3.8, 4) is 0 Å². The maximum atomic E-state index is 13.0. The van der Waals surface area contributed by atoms with E-state index in [2.05, 4.69) is 0 Å². The smallest absolute Gasteiger partial charge is 0.331 e. The van der Waals surface area contributed by atoms with Gasteiger partial charge in [0.2, 0.25) is 0 Å². The van der Waals surface area contributed by atoms with E-state index < -0.39 is 29.9 Å². The first kappa shape index (κ1) is 34.6. The maximum absolute atomic E-state index is 13.0. The molecule has 2 N–H and O–H groups in total. The molecule has 0 spiro atoms. The molecule has 4 aromatic carbocycles. The van der Waals surface area contributed by atoms with Crippen molar-refractivity contribution >= 4 is 45.3 Å². The first-order valence-corrected chi connectivity index (χ1v) is 14.3. The van der Waals surface area contributed by atoms with Crippen LogP contribution in [-0.4, -0.2) is 97.1 Å². The SMILES string of the molecule is CCCN(C(=O)c1cccc2ccccc12)C(COC)C(=O)O.COCC(C(=O)O)N(OC)C(=O)c1cccc2ccccc12. The molecule has 238 valence electrons. The Labute approximate surface area is 261 Å². The van der Waals surface area contributed by atoms with Crippen LogP contribution >= 0.6 is 0 Å². The summed E-state index contributed by atoms with van der Waals surface area (Å²) in [6.45, 7) is 2.07. The average Bonchev–Trinajstić information content (AvgIpc) is 3.05. The minimum atomic E-state index is -1.22. The van der Waals surface area contributed by atoms with Crippen LogP contribution in [0, 0.1) is 0 Å². The fourth-order valence-electron chi connectivity index (χ4n) is 4.94. The third kappa shape index (κ3) is 8.42. The number of benzene rings is 4. The fourth-order valence-corrected chi connectivity index (χ4v) is 4.94. The van der Waals surface area contributed by atoms with Crippen molar-refractivity contribution in [3.63, 3.8) is 0 Å². The number of aliphatic carboxylic acids is 2. The van der Waals surface area contributed by atoms with E-state index >= 15 is 0 Å². The van der Waals surface area contributed by atoms with Crippen molar-refractivity contribution in [3.05, 3.63) is 96.1 Å². The molecule has 0 heterocycles. The number of nitrogens with zero attached hydrogens (tertiary/aromatic N) is 2. The van der Waals surface area contributed by atoms with Crippen molar-refractivity contribution < 1.29 is 43.7 Å². The van der Waals surface area contributed by atoms with Gasteiger partial charge < -0.3 is 24.6 Å². The van der Waals surface area contributed by atoms with Gasteiger partial charge >= 0.3 is 11.9 Å². The summed E-state index contributed by atoms with van der Waals surface area (Å²) < 4.78 is 9.86. The molecule has 45 heavy (non-hydrogen) atoms. The first-order valence-electron chi connectivity index (χ1n) is 14.3. The summed E-state index contributed by atoms with van der Waals surface area (Å²) in [5.41, 5.74) is 0.890. The molecule has 0 saturated carbocycles. The van der Waals surface area contributed by atoms with Gasteiger partial charge in [0, 0.05) is 31.9 Å². The third-order valence-corrected chi connectivity index (χ3v) is 7.04. The van der Waals surface area contributed by atoms with Crippen molar-refractivity contribution in [2.24, 2.45) is 0 Å². The molecule has 0 aliphatic rings. The van der Waals surface area contributed by atoms with Crippen LogP contribution in [0.15, 0.2) is 84.9 Å². The zero-order chi connectivity index (χ0) is 32.9. The Morgan fingerprint density at radius 1 is 0.644 bits per heavy atom. The van der Waals surface area contributed by atoms with E-state index in [-0.39, 0.29) is 19.1 Å². The number of carboxylic acid groups (broad SMARTS) is 2. The molecular weight excluding hydrogens is 580 g/mol. The molecule has 4 rings (SSSR count). The van der Waals surface area contributed by atoms with E-state index in [4.69, 9.17) is 14.3 Å². The zero-order valence-electron chi connectivity index (χ0n) is 25.7. The lowest BCUT2D eigenvalue weighted by Gasteiger charge is -2.28. The van der Waals surface area contributed by atoms with E-state index in [0.717, 1.165) is 26.6 Å². The molecule has 2 unspecified atom stereocenters. The first-order chi connectivity index (χ1) is 21.7. The number of hydroxylamine groups is 2. The van der Waals surface area contributed by atoms with E-state index in [1.165, 1.54) is 26.2 Å². The number of methoxy groups -OCH3 is 2. The van der Waals surface area contributed by atoms with Crippen LogP contribution in [-0.2, 0) is 23.9 Å². The number of carbonyl (C=O) groups is 4. The normalized spacial score (nSPS) is 12.1. The van der Waals surface area contributed by atoms with Gasteiger partial charge in [0.15, 0.2) is 12.1 Å². The standard InChI is InChI=1S/C18H21NO4.C16H17NO5/c1-3-11-19(16(12-23-2)18(21)22)17(20)15-10-6-8-13-7-4-5-9-14(13)15;1-21-10-14(16(19)20)17(22-2)15(18)13-9-5-7-11-6-3-4-8-12(11)13/h4-10,16H,3,11-12H2,1-2H3,(H,21,22);3-9,14H,10H2,1-2H3,(H,19,20). The molecule has 0 aliphatic heterocycles. The van der Waals surface area contributed by atoms with Gasteiger partial charge in [0.25, 0.3) is 11.8 Å². The van der Waals surface area contributed by atoms with Gasteiger partial charge in [-0.25, -0.2) is 14.7 Å². The Bertz CT molecular complexity index is 1610. The third-order valence-electron chi connectivity index (χ3n) is 7.04. The highest BCUT2D eigenvalue weighted by molar-refractivity contribution is 6.08. The molecule has 0 fully saturated rings. The highest BCUT2D eigenvalue weighted by Gasteiger charge is 2.32. The summed E-state index contributed by atoms with van der Waals surface area (Å²) in [5.74, 6) is -3.07. The topological polar surface area (TPSA) is 143 Å². The molecule has 0 saturated heterocycles. The van der Waals surface area contributed by atoms with Crippen LogP contribution in [0.1, 0.15) is 34.1 Å². The molecule has 0 aromatic heterocycles.